The van der Waals surface area contributed by atoms with E-state index in [9.17, 15) is 14.4 Å². The largest absolute Gasteiger partial charge is 0.465 e. The Morgan fingerprint density at radius 2 is 1.77 bits per heavy atom. The van der Waals surface area contributed by atoms with Crippen LogP contribution in [-0.4, -0.2) is 42.9 Å². The number of nitrogens with one attached hydrogen (secondary N) is 1. The molecule has 0 aliphatic carbocycles. The fourth-order valence-corrected chi connectivity index (χ4v) is 3.10. The number of hydrogen-bond donors (Lipinski definition) is 1. The molecule has 0 unspecified atom stereocenters. The Morgan fingerprint density at radius 3 is 2.27 bits per heavy atom. The van der Waals surface area contributed by atoms with Crippen molar-refractivity contribution in [3.05, 3.63) is 29.3 Å². The Kier molecular flexibility index (Phi) is 6.05. The van der Waals surface area contributed by atoms with E-state index in [2.05, 4.69) is 5.32 Å². The van der Waals surface area contributed by atoms with Crippen LogP contribution in [0.5, 0.6) is 0 Å². The van der Waals surface area contributed by atoms with Crippen molar-refractivity contribution in [3.8, 4) is 0 Å². The summed E-state index contributed by atoms with van der Waals surface area (Å²) in [5.74, 6) is -0.423. The number of carbonyl (C=O) groups is 3. The van der Waals surface area contributed by atoms with Crippen LogP contribution in [0.15, 0.2) is 18.2 Å². The van der Waals surface area contributed by atoms with Gasteiger partial charge < -0.3 is 15.0 Å². The number of piperidine rings is 1. The molecule has 1 saturated heterocycles. The van der Waals surface area contributed by atoms with Crippen LogP contribution in [0.3, 0.4) is 0 Å². The van der Waals surface area contributed by atoms with E-state index < -0.39 is 11.4 Å². The van der Waals surface area contributed by atoms with Gasteiger partial charge in [0.1, 0.15) is 0 Å². The van der Waals surface area contributed by atoms with Crippen LogP contribution in [-0.2, 0) is 14.3 Å². The van der Waals surface area contributed by atoms with Crippen LogP contribution in [0.1, 0.15) is 49.5 Å². The molecule has 0 spiro atoms. The quantitative estimate of drug-likeness (QED) is 0.841. The maximum absolute atomic E-state index is 12.6. The van der Waals surface area contributed by atoms with Crippen LogP contribution in [0.4, 0.5) is 5.69 Å². The van der Waals surface area contributed by atoms with E-state index in [0.717, 1.165) is 5.56 Å². The summed E-state index contributed by atoms with van der Waals surface area (Å²) in [6.07, 6.45) is 1.32. The van der Waals surface area contributed by atoms with E-state index in [1.807, 2.05) is 32.6 Å². The lowest BCUT2D eigenvalue weighted by atomic mass is 9.90. The van der Waals surface area contributed by atoms with Gasteiger partial charge in [-0.1, -0.05) is 20.8 Å². The summed E-state index contributed by atoms with van der Waals surface area (Å²) in [7, 11) is 1.34. The lowest BCUT2D eigenvalue weighted by Crippen LogP contribution is -2.45. The average Bonchev–Trinajstić information content (AvgIpc) is 2.61. The van der Waals surface area contributed by atoms with Crippen molar-refractivity contribution in [2.45, 2.75) is 40.5 Å². The molecule has 1 aromatic rings. The molecule has 26 heavy (non-hydrogen) atoms. The Hall–Kier alpha value is -2.37. The van der Waals surface area contributed by atoms with E-state index in [0.29, 0.717) is 37.2 Å². The normalized spacial score (nSPS) is 15.5. The van der Waals surface area contributed by atoms with E-state index in [4.69, 9.17) is 4.74 Å². The summed E-state index contributed by atoms with van der Waals surface area (Å²) < 4.78 is 4.70. The first-order chi connectivity index (χ1) is 12.1. The molecule has 0 radical (unpaired) electrons. The number of aryl methyl sites for hydroxylation is 1. The second kappa shape index (κ2) is 7.89. The highest BCUT2D eigenvalue weighted by Crippen LogP contribution is 2.25. The fourth-order valence-electron chi connectivity index (χ4n) is 3.10. The van der Waals surface area contributed by atoms with Gasteiger partial charge in [0.25, 0.3) is 0 Å². The average molecular weight is 360 g/mol. The SMILES string of the molecule is COC(=O)c1ccc(NC(=O)C2CCN(C(=O)C(C)(C)C)CC2)c(C)c1. The maximum atomic E-state index is 12.6. The molecule has 1 fully saturated rings. The van der Waals surface area contributed by atoms with Crippen molar-refractivity contribution in [2.24, 2.45) is 11.3 Å². The van der Waals surface area contributed by atoms with E-state index >= 15 is 0 Å². The molecule has 6 heteroatoms. The molecule has 1 aliphatic heterocycles. The minimum Gasteiger partial charge on any atom is -0.465 e. The second-order valence-corrected chi connectivity index (χ2v) is 7.83. The number of rotatable bonds is 3. The van der Waals surface area contributed by atoms with Gasteiger partial charge in [0, 0.05) is 30.1 Å². The molecule has 0 saturated carbocycles. The number of ether oxygens (including phenoxy) is 1. The molecule has 2 amide bonds. The number of likely N-dealkylation sites (tertiary alicyclic amines) is 1. The van der Waals surface area contributed by atoms with Gasteiger partial charge >= 0.3 is 5.97 Å². The first-order valence-corrected chi connectivity index (χ1v) is 8.92. The molecule has 2 rings (SSSR count). The number of hydrogen-bond acceptors (Lipinski definition) is 4. The van der Waals surface area contributed by atoms with Crippen molar-refractivity contribution in [1.29, 1.82) is 0 Å². The summed E-state index contributed by atoms with van der Waals surface area (Å²) in [4.78, 5) is 38.3. The van der Waals surface area contributed by atoms with Crippen molar-refractivity contribution >= 4 is 23.5 Å². The minimum atomic E-state index is -0.401. The highest BCUT2D eigenvalue weighted by atomic mass is 16.5. The lowest BCUT2D eigenvalue weighted by molar-refractivity contribution is -0.142. The van der Waals surface area contributed by atoms with Gasteiger partial charge in [0.05, 0.1) is 12.7 Å². The topological polar surface area (TPSA) is 75.7 Å². The third-order valence-electron chi connectivity index (χ3n) is 4.70. The van der Waals surface area contributed by atoms with Gasteiger partial charge in [0.15, 0.2) is 0 Å². The molecule has 0 aromatic heterocycles. The Bertz CT molecular complexity index is 698. The Labute approximate surface area is 154 Å². The number of benzene rings is 1. The van der Waals surface area contributed by atoms with Gasteiger partial charge in [-0.15, -0.1) is 0 Å². The molecule has 1 aromatic carbocycles. The molecule has 1 heterocycles. The number of esters is 1. The van der Waals surface area contributed by atoms with Crippen molar-refractivity contribution in [1.82, 2.24) is 4.90 Å². The monoisotopic (exact) mass is 360 g/mol. The summed E-state index contributed by atoms with van der Waals surface area (Å²) in [6.45, 7) is 8.79. The molecular formula is C20H28N2O4. The second-order valence-electron chi connectivity index (χ2n) is 7.83. The van der Waals surface area contributed by atoms with Crippen molar-refractivity contribution < 1.29 is 19.1 Å². The first kappa shape index (κ1) is 19.9. The van der Waals surface area contributed by atoms with Crippen LogP contribution in [0.25, 0.3) is 0 Å². The zero-order valence-electron chi connectivity index (χ0n) is 16.2. The molecule has 1 N–H and O–H groups in total. The van der Waals surface area contributed by atoms with Gasteiger partial charge in [-0.2, -0.15) is 0 Å². The van der Waals surface area contributed by atoms with E-state index in [-0.39, 0.29) is 17.7 Å². The molecule has 6 nitrogen and oxygen atoms in total. The van der Waals surface area contributed by atoms with Gasteiger partial charge in [-0.05, 0) is 43.5 Å². The van der Waals surface area contributed by atoms with Gasteiger partial charge in [-0.25, -0.2) is 4.79 Å². The highest BCUT2D eigenvalue weighted by Gasteiger charge is 2.32. The summed E-state index contributed by atoms with van der Waals surface area (Å²) in [6, 6.07) is 5.06. The standard InChI is InChI=1S/C20H28N2O4/c1-13-12-15(18(24)26-5)6-7-16(13)21-17(23)14-8-10-22(11-9-14)19(25)20(2,3)4/h6-7,12,14H,8-11H2,1-5H3,(H,21,23). The number of carbonyl (C=O) groups excluding carboxylic acids is 3. The third kappa shape index (κ3) is 4.62. The van der Waals surface area contributed by atoms with E-state index in [1.54, 1.807) is 18.2 Å². The van der Waals surface area contributed by atoms with Crippen molar-refractivity contribution in [2.75, 3.05) is 25.5 Å². The first-order valence-electron chi connectivity index (χ1n) is 8.92. The lowest BCUT2D eigenvalue weighted by Gasteiger charge is -2.35. The Morgan fingerprint density at radius 1 is 1.15 bits per heavy atom. The molecule has 0 bridgehead atoms. The summed E-state index contributed by atoms with van der Waals surface area (Å²) >= 11 is 0. The Balaban J connectivity index is 1.95. The molecule has 0 atom stereocenters. The number of amides is 2. The third-order valence-corrected chi connectivity index (χ3v) is 4.70. The van der Waals surface area contributed by atoms with Crippen molar-refractivity contribution in [3.63, 3.8) is 0 Å². The fraction of sp³-hybridized carbons (Fsp3) is 0.550. The number of methoxy groups -OCH3 is 1. The van der Waals surface area contributed by atoms with Crippen LogP contribution >= 0.6 is 0 Å². The smallest absolute Gasteiger partial charge is 0.337 e. The maximum Gasteiger partial charge on any atom is 0.337 e. The predicted octanol–water partition coefficient (Wildman–Crippen LogP) is 3.00. The zero-order valence-corrected chi connectivity index (χ0v) is 16.2. The summed E-state index contributed by atoms with van der Waals surface area (Å²) in [5, 5.41) is 2.94. The number of anilines is 1. The zero-order chi connectivity index (χ0) is 19.5. The number of nitrogens with zero attached hydrogens (tertiary/aromatic N) is 1. The van der Waals surface area contributed by atoms with E-state index in [1.165, 1.54) is 7.11 Å². The minimum absolute atomic E-state index is 0.0400. The molecule has 142 valence electrons. The molecule has 1 aliphatic rings. The van der Waals surface area contributed by atoms with Crippen LogP contribution in [0.2, 0.25) is 0 Å². The van der Waals surface area contributed by atoms with Gasteiger partial charge in [-0.3, -0.25) is 9.59 Å². The van der Waals surface area contributed by atoms with Gasteiger partial charge in [0.2, 0.25) is 11.8 Å². The molecular weight excluding hydrogens is 332 g/mol. The van der Waals surface area contributed by atoms with Crippen LogP contribution < -0.4 is 5.32 Å². The summed E-state index contributed by atoms with van der Waals surface area (Å²) in [5.41, 5.74) is 1.56. The predicted molar refractivity (Wildman–Crippen MR) is 99.9 cm³/mol. The van der Waals surface area contributed by atoms with Crippen LogP contribution in [0, 0.1) is 18.3 Å². The highest BCUT2D eigenvalue weighted by molar-refractivity contribution is 5.95.